The van der Waals surface area contributed by atoms with Gasteiger partial charge in [0.15, 0.2) is 0 Å². The highest BCUT2D eigenvalue weighted by atomic mass is 15.0. The Morgan fingerprint density at radius 3 is 0.760 bits per heavy atom. The molecular formula is C73H50N2. The fraction of sp³-hybridized carbons (Fsp3) is 0.0137. The van der Waals surface area contributed by atoms with Crippen molar-refractivity contribution in [2.24, 2.45) is 0 Å². The van der Waals surface area contributed by atoms with E-state index in [0.29, 0.717) is 0 Å². The summed E-state index contributed by atoms with van der Waals surface area (Å²) in [6.07, 6.45) is 0.775. The predicted octanol–water partition coefficient (Wildman–Crippen LogP) is 19.5. The van der Waals surface area contributed by atoms with Gasteiger partial charge in [0.05, 0.1) is 22.1 Å². The maximum absolute atomic E-state index is 2.43. The second-order valence-corrected chi connectivity index (χ2v) is 19.6. The lowest BCUT2D eigenvalue weighted by Crippen LogP contribution is -1.98. The zero-order chi connectivity index (χ0) is 49.7. The summed E-state index contributed by atoms with van der Waals surface area (Å²) in [5, 5.41) is 5.03. The molecule has 14 rings (SSSR count). The number of hydrogen-bond donors (Lipinski definition) is 0. The molecule has 0 bridgehead atoms. The lowest BCUT2D eigenvalue weighted by Gasteiger charge is -2.19. The molecule has 0 spiro atoms. The summed E-state index contributed by atoms with van der Waals surface area (Å²) in [7, 11) is 0. The average molecular weight is 955 g/mol. The fourth-order valence-corrected chi connectivity index (χ4v) is 11.7. The molecule has 0 aliphatic rings. The van der Waals surface area contributed by atoms with Crippen molar-refractivity contribution < 1.29 is 0 Å². The molecule has 75 heavy (non-hydrogen) atoms. The average Bonchev–Trinajstić information content (AvgIpc) is 4.01. The summed E-state index contributed by atoms with van der Waals surface area (Å²) in [6, 6.07) is 107. The van der Waals surface area contributed by atoms with Gasteiger partial charge < -0.3 is 9.13 Å². The number of aromatic nitrogens is 2. The van der Waals surface area contributed by atoms with Gasteiger partial charge in [-0.15, -0.1) is 0 Å². The van der Waals surface area contributed by atoms with Gasteiger partial charge in [-0.25, -0.2) is 0 Å². The molecule has 0 saturated carbocycles. The molecule has 2 heteroatoms. The van der Waals surface area contributed by atoms with Gasteiger partial charge in [-0.2, -0.15) is 0 Å². The van der Waals surface area contributed by atoms with Crippen molar-refractivity contribution >= 4 is 43.6 Å². The second kappa shape index (κ2) is 18.7. The number of benzene rings is 12. The predicted molar refractivity (Wildman–Crippen MR) is 317 cm³/mol. The van der Waals surface area contributed by atoms with E-state index in [1.807, 2.05) is 0 Å². The van der Waals surface area contributed by atoms with E-state index in [9.17, 15) is 0 Å². The highest BCUT2D eigenvalue weighted by Gasteiger charge is 2.21. The first-order valence-corrected chi connectivity index (χ1v) is 26.0. The maximum Gasteiger partial charge on any atom is 0.0541 e. The molecule has 0 aliphatic heterocycles. The molecule has 12 aromatic carbocycles. The number of hydrogen-bond acceptors (Lipinski definition) is 0. The van der Waals surface area contributed by atoms with Gasteiger partial charge in [-0.3, -0.25) is 0 Å². The molecule has 0 atom stereocenters. The van der Waals surface area contributed by atoms with Crippen molar-refractivity contribution in [3.05, 3.63) is 302 Å². The number of fused-ring (bicyclic) bond motifs is 6. The van der Waals surface area contributed by atoms with E-state index in [1.165, 1.54) is 122 Å². The van der Waals surface area contributed by atoms with Crippen molar-refractivity contribution in [3.63, 3.8) is 0 Å². The first kappa shape index (κ1) is 44.0. The van der Waals surface area contributed by atoms with E-state index < -0.39 is 0 Å². The van der Waals surface area contributed by atoms with E-state index in [-0.39, 0.29) is 0 Å². The standard InChI is InChI=1S/C73H50N2/c1-5-21-52(22-6-1)66-46-50(37-41-58(66)60-43-39-56(48-68(60)54-25-9-3-10-26-54)74-70-33-17-13-29-62(70)63-30-14-18-34-71(63)74)45-51-38-42-59(67(47-51)53-23-7-2-8-24-53)61-44-40-57(49-69(61)55-27-11-4-12-28-55)75-72-35-19-15-31-64(72)65-32-16-20-36-73(65)75/h1-44,46-49H,45H2. The molecule has 352 valence electrons. The second-order valence-electron chi connectivity index (χ2n) is 19.6. The van der Waals surface area contributed by atoms with Gasteiger partial charge in [0.2, 0.25) is 0 Å². The third-order valence-electron chi connectivity index (χ3n) is 15.2. The van der Waals surface area contributed by atoms with Gasteiger partial charge in [-0.1, -0.05) is 243 Å². The van der Waals surface area contributed by atoms with Crippen LogP contribution >= 0.6 is 0 Å². The summed E-state index contributed by atoms with van der Waals surface area (Å²) in [4.78, 5) is 0. The van der Waals surface area contributed by atoms with E-state index in [0.717, 1.165) is 17.8 Å². The van der Waals surface area contributed by atoms with Crippen LogP contribution in [-0.4, -0.2) is 9.13 Å². The fourth-order valence-electron chi connectivity index (χ4n) is 11.7. The molecule has 2 nitrogen and oxygen atoms in total. The van der Waals surface area contributed by atoms with Gasteiger partial charge >= 0.3 is 0 Å². The van der Waals surface area contributed by atoms with Crippen molar-refractivity contribution in [3.8, 4) is 78.1 Å². The smallest absolute Gasteiger partial charge is 0.0541 e. The molecule has 0 fully saturated rings. The Hall–Kier alpha value is -9.76. The van der Waals surface area contributed by atoms with Crippen molar-refractivity contribution in [1.29, 1.82) is 0 Å². The van der Waals surface area contributed by atoms with Crippen LogP contribution in [0.2, 0.25) is 0 Å². The van der Waals surface area contributed by atoms with Crippen LogP contribution in [-0.2, 0) is 6.42 Å². The van der Waals surface area contributed by atoms with Crippen molar-refractivity contribution in [2.75, 3.05) is 0 Å². The van der Waals surface area contributed by atoms with Gasteiger partial charge in [0.25, 0.3) is 0 Å². The minimum absolute atomic E-state index is 0.775. The van der Waals surface area contributed by atoms with Crippen LogP contribution in [0.4, 0.5) is 0 Å². The van der Waals surface area contributed by atoms with Crippen LogP contribution in [0.25, 0.3) is 122 Å². The van der Waals surface area contributed by atoms with Gasteiger partial charge in [-0.05, 0) is 133 Å². The van der Waals surface area contributed by atoms with Crippen molar-refractivity contribution in [1.82, 2.24) is 9.13 Å². The van der Waals surface area contributed by atoms with Crippen LogP contribution in [0.5, 0.6) is 0 Å². The molecule has 0 N–H and O–H groups in total. The molecule has 0 radical (unpaired) electrons. The quantitative estimate of drug-likeness (QED) is 0.129. The van der Waals surface area contributed by atoms with Crippen LogP contribution < -0.4 is 0 Å². The molecule has 2 aromatic heterocycles. The summed E-state index contributed by atoms with van der Waals surface area (Å²) >= 11 is 0. The molecule has 0 saturated heterocycles. The summed E-state index contributed by atoms with van der Waals surface area (Å²) in [6.45, 7) is 0. The van der Waals surface area contributed by atoms with E-state index in [2.05, 4.69) is 300 Å². The Balaban J connectivity index is 0.892. The molecule has 0 unspecified atom stereocenters. The minimum Gasteiger partial charge on any atom is -0.309 e. The molecular weight excluding hydrogens is 905 g/mol. The van der Waals surface area contributed by atoms with Crippen LogP contribution in [0.15, 0.2) is 291 Å². The largest absolute Gasteiger partial charge is 0.309 e. The SMILES string of the molecule is c1ccc(-c2cc(Cc3ccc(-c4ccc(-n5c6ccccc6c6ccccc65)cc4-c4ccccc4)c(-c4ccccc4)c3)ccc2-c2ccc(-n3c4ccccc4c4ccccc43)cc2-c2ccccc2)cc1. The number of rotatable bonds is 10. The molecule has 0 amide bonds. The first-order valence-electron chi connectivity index (χ1n) is 26.0. The summed E-state index contributed by atoms with van der Waals surface area (Å²) in [5.74, 6) is 0. The Morgan fingerprint density at radius 2 is 0.453 bits per heavy atom. The normalized spacial score (nSPS) is 11.5. The Bertz CT molecular complexity index is 4020. The van der Waals surface area contributed by atoms with E-state index in [4.69, 9.17) is 0 Å². The van der Waals surface area contributed by atoms with Crippen LogP contribution in [0.1, 0.15) is 11.1 Å². The maximum atomic E-state index is 2.43. The summed E-state index contributed by atoms with van der Waals surface area (Å²) in [5.41, 5.74) is 24.0. The number of nitrogens with zero attached hydrogens (tertiary/aromatic N) is 2. The molecule has 0 aliphatic carbocycles. The highest BCUT2D eigenvalue weighted by molar-refractivity contribution is 6.10. The summed E-state index contributed by atoms with van der Waals surface area (Å²) < 4.78 is 4.84. The monoisotopic (exact) mass is 954 g/mol. The minimum atomic E-state index is 0.775. The molecule has 2 heterocycles. The van der Waals surface area contributed by atoms with Gasteiger partial charge in [0, 0.05) is 32.9 Å². The third kappa shape index (κ3) is 7.83. The Labute approximate surface area is 437 Å². The Kier molecular flexibility index (Phi) is 11.0. The van der Waals surface area contributed by atoms with Crippen molar-refractivity contribution in [2.45, 2.75) is 6.42 Å². The lowest BCUT2D eigenvalue weighted by atomic mass is 9.86. The third-order valence-corrected chi connectivity index (χ3v) is 15.2. The van der Waals surface area contributed by atoms with Crippen LogP contribution in [0.3, 0.4) is 0 Å². The number of para-hydroxylation sites is 4. The van der Waals surface area contributed by atoms with E-state index >= 15 is 0 Å². The Morgan fingerprint density at radius 1 is 0.200 bits per heavy atom. The molecule has 14 aromatic rings. The first-order chi connectivity index (χ1) is 37.2. The van der Waals surface area contributed by atoms with Crippen LogP contribution in [0, 0.1) is 0 Å². The van der Waals surface area contributed by atoms with Gasteiger partial charge in [0.1, 0.15) is 0 Å². The topological polar surface area (TPSA) is 9.86 Å². The lowest BCUT2D eigenvalue weighted by molar-refractivity contribution is 1.18. The highest BCUT2D eigenvalue weighted by Crippen LogP contribution is 2.44. The zero-order valence-corrected chi connectivity index (χ0v) is 41.3. The zero-order valence-electron chi connectivity index (χ0n) is 41.3. The van der Waals surface area contributed by atoms with E-state index in [1.54, 1.807) is 0 Å².